The Morgan fingerprint density at radius 3 is 2.57 bits per heavy atom. The predicted octanol–water partition coefficient (Wildman–Crippen LogP) is 5.20. The van der Waals surface area contributed by atoms with Crippen LogP contribution in [0.5, 0.6) is 0 Å². The van der Waals surface area contributed by atoms with E-state index in [4.69, 9.17) is 0 Å². The van der Waals surface area contributed by atoms with Crippen LogP contribution in [0.25, 0.3) is 10.9 Å². The van der Waals surface area contributed by atoms with Crippen molar-refractivity contribution >= 4 is 16.6 Å². The average molecular weight is 417 g/mol. The van der Waals surface area contributed by atoms with Crippen LogP contribution in [-0.4, -0.2) is 26.9 Å². The number of nitrogens with one attached hydrogen (secondary N) is 1. The number of hydrogen-bond donors (Lipinski definition) is 2. The number of aryl methyl sites for hydroxylation is 1. The van der Waals surface area contributed by atoms with Crippen molar-refractivity contribution in [2.24, 2.45) is 0 Å². The third-order valence-electron chi connectivity index (χ3n) is 5.61. The molecule has 4 nitrogen and oxygen atoms in total. The van der Waals surface area contributed by atoms with E-state index in [2.05, 4.69) is 21.9 Å². The van der Waals surface area contributed by atoms with Gasteiger partial charge in [-0.05, 0) is 36.6 Å². The van der Waals surface area contributed by atoms with E-state index in [1.807, 2.05) is 0 Å². The summed E-state index contributed by atoms with van der Waals surface area (Å²) in [6.07, 6.45) is -2.72. The summed E-state index contributed by atoms with van der Waals surface area (Å²) in [7, 11) is 0. The van der Waals surface area contributed by atoms with Crippen LogP contribution >= 0.6 is 0 Å². The summed E-state index contributed by atoms with van der Waals surface area (Å²) in [5, 5.41) is 14.0. The van der Waals surface area contributed by atoms with Crippen LogP contribution in [-0.2, 0) is 0 Å². The normalized spacial score (nSPS) is 23.8. The van der Waals surface area contributed by atoms with Gasteiger partial charge < -0.3 is 10.4 Å². The Kier molecular flexibility index (Phi) is 4.77. The molecule has 4 rings (SSSR count). The van der Waals surface area contributed by atoms with E-state index in [0.29, 0.717) is 17.0 Å². The zero-order valence-electron chi connectivity index (χ0n) is 16.0. The Morgan fingerprint density at radius 1 is 1.20 bits per heavy atom. The minimum Gasteiger partial charge on any atom is -0.379 e. The minimum atomic E-state index is -4.91. The van der Waals surface area contributed by atoms with E-state index in [9.17, 15) is 22.7 Å². The molecule has 0 bridgehead atoms. The van der Waals surface area contributed by atoms with Gasteiger partial charge in [0.15, 0.2) is 5.60 Å². The number of benzene rings is 2. The molecule has 0 saturated carbocycles. The molecule has 2 aromatic carbocycles. The lowest BCUT2D eigenvalue weighted by Crippen LogP contribution is -2.55. The van der Waals surface area contributed by atoms with Crippen molar-refractivity contribution < 1.29 is 22.7 Å². The monoisotopic (exact) mass is 417 g/mol. The number of allylic oxidation sites excluding steroid dienone is 1. The van der Waals surface area contributed by atoms with Gasteiger partial charge in [0.2, 0.25) is 0 Å². The molecule has 3 atom stereocenters. The first kappa shape index (κ1) is 20.3. The summed E-state index contributed by atoms with van der Waals surface area (Å²) in [6, 6.07) is 7.56. The maximum atomic E-state index is 14.2. The molecule has 30 heavy (non-hydrogen) atoms. The zero-order valence-corrected chi connectivity index (χ0v) is 16.0. The molecule has 3 unspecified atom stereocenters. The molecular weight excluding hydrogens is 398 g/mol. The second-order valence-corrected chi connectivity index (χ2v) is 7.45. The molecular formula is C22H19F4N3O. The van der Waals surface area contributed by atoms with E-state index in [0.717, 1.165) is 6.07 Å². The third kappa shape index (κ3) is 3.11. The topological polar surface area (TPSA) is 58.0 Å². The van der Waals surface area contributed by atoms with Crippen LogP contribution < -0.4 is 5.32 Å². The number of alkyl halides is 3. The summed E-state index contributed by atoms with van der Waals surface area (Å²) >= 11 is 0. The first-order valence-corrected chi connectivity index (χ1v) is 9.34. The highest BCUT2D eigenvalue weighted by Gasteiger charge is 2.62. The van der Waals surface area contributed by atoms with E-state index in [1.165, 1.54) is 18.3 Å². The maximum Gasteiger partial charge on any atom is 0.419 e. The average Bonchev–Trinajstić information content (AvgIpc) is 2.71. The van der Waals surface area contributed by atoms with Crippen LogP contribution in [0.1, 0.15) is 35.3 Å². The predicted molar refractivity (Wildman–Crippen MR) is 106 cm³/mol. The number of fused-ring (bicyclic) bond motifs is 2. The van der Waals surface area contributed by atoms with Crippen LogP contribution in [0.4, 0.5) is 23.2 Å². The number of aromatic nitrogens is 2. The second-order valence-electron chi connectivity index (χ2n) is 7.45. The molecule has 0 spiro atoms. The SMILES string of the molecule is C=CC1CC(O)(C(F)(F)F)C(Nc2ccc(F)c3nc(C)ncc23)c2ccccc21. The molecule has 0 aliphatic heterocycles. The third-order valence-corrected chi connectivity index (χ3v) is 5.61. The lowest BCUT2D eigenvalue weighted by Gasteiger charge is -2.45. The first-order chi connectivity index (χ1) is 14.2. The van der Waals surface area contributed by atoms with Gasteiger partial charge in [-0.1, -0.05) is 30.3 Å². The first-order valence-electron chi connectivity index (χ1n) is 9.34. The van der Waals surface area contributed by atoms with Gasteiger partial charge in [0.25, 0.3) is 0 Å². The number of hydrogen-bond acceptors (Lipinski definition) is 4. The number of nitrogens with zero attached hydrogens (tertiary/aromatic N) is 2. The Bertz CT molecular complexity index is 1130. The van der Waals surface area contributed by atoms with E-state index < -0.39 is 36.0 Å². The highest BCUT2D eigenvalue weighted by atomic mass is 19.4. The van der Waals surface area contributed by atoms with Crippen molar-refractivity contribution in [3.05, 3.63) is 78.0 Å². The molecule has 3 aromatic rings. The highest BCUT2D eigenvalue weighted by molar-refractivity contribution is 5.91. The second kappa shape index (κ2) is 7.05. The van der Waals surface area contributed by atoms with Crippen LogP contribution in [0.3, 0.4) is 0 Å². The van der Waals surface area contributed by atoms with E-state index in [1.54, 1.807) is 31.2 Å². The van der Waals surface area contributed by atoms with Gasteiger partial charge in [0.05, 0.1) is 6.04 Å². The lowest BCUT2D eigenvalue weighted by atomic mass is 9.70. The molecule has 1 aliphatic carbocycles. The molecule has 0 saturated heterocycles. The van der Waals surface area contributed by atoms with Crippen molar-refractivity contribution in [3.63, 3.8) is 0 Å². The summed E-state index contributed by atoms with van der Waals surface area (Å²) < 4.78 is 56.6. The molecule has 156 valence electrons. The van der Waals surface area contributed by atoms with Crippen molar-refractivity contribution in [1.29, 1.82) is 0 Å². The minimum absolute atomic E-state index is 0.00360. The Labute approximate surface area is 170 Å². The van der Waals surface area contributed by atoms with Crippen molar-refractivity contribution in [2.75, 3.05) is 5.32 Å². The lowest BCUT2D eigenvalue weighted by molar-refractivity contribution is -0.271. The quantitative estimate of drug-likeness (QED) is 0.455. The zero-order chi connectivity index (χ0) is 21.7. The van der Waals surface area contributed by atoms with Crippen molar-refractivity contribution in [3.8, 4) is 0 Å². The number of anilines is 1. The van der Waals surface area contributed by atoms with Gasteiger partial charge in [0, 0.05) is 23.2 Å². The van der Waals surface area contributed by atoms with Gasteiger partial charge in [-0.2, -0.15) is 13.2 Å². The van der Waals surface area contributed by atoms with Crippen molar-refractivity contribution in [1.82, 2.24) is 9.97 Å². The summed E-state index contributed by atoms with van der Waals surface area (Å²) in [4.78, 5) is 8.10. The van der Waals surface area contributed by atoms with Crippen molar-refractivity contribution in [2.45, 2.75) is 37.1 Å². The molecule has 1 aliphatic rings. The van der Waals surface area contributed by atoms with E-state index in [-0.39, 0.29) is 16.6 Å². The number of aliphatic hydroxyl groups is 1. The largest absolute Gasteiger partial charge is 0.419 e. The van der Waals surface area contributed by atoms with Gasteiger partial charge in [-0.3, -0.25) is 0 Å². The molecule has 8 heteroatoms. The Morgan fingerprint density at radius 2 is 1.90 bits per heavy atom. The molecule has 0 amide bonds. The molecule has 2 N–H and O–H groups in total. The van der Waals surface area contributed by atoms with Gasteiger partial charge in [-0.15, -0.1) is 6.58 Å². The Balaban J connectivity index is 1.90. The molecule has 1 heterocycles. The summed E-state index contributed by atoms with van der Waals surface area (Å²) in [5.74, 6) is -0.938. The van der Waals surface area contributed by atoms with Gasteiger partial charge in [-0.25, -0.2) is 14.4 Å². The highest BCUT2D eigenvalue weighted by Crippen LogP contribution is 2.52. The van der Waals surface area contributed by atoms with Gasteiger partial charge >= 0.3 is 6.18 Å². The smallest absolute Gasteiger partial charge is 0.379 e. The maximum absolute atomic E-state index is 14.2. The number of rotatable bonds is 3. The summed E-state index contributed by atoms with van der Waals surface area (Å²) in [5.41, 5.74) is -1.91. The van der Waals surface area contributed by atoms with E-state index >= 15 is 0 Å². The van der Waals surface area contributed by atoms with Crippen LogP contribution in [0.15, 0.2) is 55.3 Å². The summed E-state index contributed by atoms with van der Waals surface area (Å²) in [6.45, 7) is 5.23. The standard InChI is InChI=1S/C22H19F4N3O/c1-3-13-10-21(30,22(24,25)26)20(15-7-5-4-6-14(13)15)29-18-9-8-17(23)19-16(18)11-27-12(2)28-19/h3-9,11,13,20,29-30H,1,10H2,2H3. The fraction of sp³-hybridized carbons (Fsp3) is 0.273. The molecule has 0 fully saturated rings. The molecule has 0 radical (unpaired) electrons. The fourth-order valence-electron chi connectivity index (χ4n) is 4.07. The number of halogens is 4. The molecule has 1 aromatic heterocycles. The fourth-order valence-corrected chi connectivity index (χ4v) is 4.07. The van der Waals surface area contributed by atoms with Gasteiger partial charge in [0.1, 0.15) is 17.2 Å². The van der Waals surface area contributed by atoms with Crippen LogP contribution in [0, 0.1) is 12.7 Å². The Hall–Kier alpha value is -3.00. The van der Waals surface area contributed by atoms with Crippen LogP contribution in [0.2, 0.25) is 0 Å².